The summed E-state index contributed by atoms with van der Waals surface area (Å²) < 4.78 is 5.21. The Morgan fingerprint density at radius 2 is 2.24 bits per heavy atom. The number of fused-ring (bicyclic) bond motifs is 1. The predicted molar refractivity (Wildman–Crippen MR) is 77.7 cm³/mol. The summed E-state index contributed by atoms with van der Waals surface area (Å²) in [4.78, 5) is 18.1. The number of aromatic nitrogens is 2. The molecule has 1 amide bonds. The molecule has 21 heavy (non-hydrogen) atoms. The van der Waals surface area contributed by atoms with Gasteiger partial charge in [0, 0.05) is 11.7 Å². The maximum absolute atomic E-state index is 11.7. The van der Waals surface area contributed by atoms with E-state index in [2.05, 4.69) is 22.0 Å². The number of carbonyl (C=O) groups is 1. The summed E-state index contributed by atoms with van der Waals surface area (Å²) in [7, 11) is 0. The molecule has 0 unspecified atom stereocenters. The molecule has 2 N–H and O–H groups in total. The highest BCUT2D eigenvalue weighted by atomic mass is 16.5. The highest BCUT2D eigenvalue weighted by Crippen LogP contribution is 2.38. The van der Waals surface area contributed by atoms with Crippen LogP contribution in [0.2, 0.25) is 0 Å². The van der Waals surface area contributed by atoms with E-state index in [1.807, 2.05) is 24.3 Å². The minimum Gasteiger partial charge on any atom is -0.369 e. The van der Waals surface area contributed by atoms with Crippen molar-refractivity contribution in [3.63, 3.8) is 0 Å². The number of para-hydroxylation sites is 1. The summed E-state index contributed by atoms with van der Waals surface area (Å²) in [5.41, 5.74) is 7.53. The summed E-state index contributed by atoms with van der Waals surface area (Å²) in [5, 5.41) is 3.82. The molecule has 0 radical (unpaired) electrons. The van der Waals surface area contributed by atoms with E-state index in [0.717, 1.165) is 11.3 Å². The van der Waals surface area contributed by atoms with Crippen LogP contribution >= 0.6 is 0 Å². The molecule has 0 fully saturated rings. The van der Waals surface area contributed by atoms with Gasteiger partial charge in [0.2, 0.25) is 11.8 Å². The van der Waals surface area contributed by atoms with E-state index in [1.54, 1.807) is 6.92 Å². The van der Waals surface area contributed by atoms with Crippen LogP contribution in [0.5, 0.6) is 0 Å². The lowest BCUT2D eigenvalue weighted by molar-refractivity contribution is -0.119. The smallest absolute Gasteiger partial charge is 0.246 e. The second-order valence-electron chi connectivity index (χ2n) is 5.46. The molecule has 1 aromatic heterocycles. The minimum atomic E-state index is -0.275. The van der Waals surface area contributed by atoms with Crippen molar-refractivity contribution in [2.75, 3.05) is 4.90 Å². The summed E-state index contributed by atoms with van der Waals surface area (Å²) >= 11 is 0. The maximum atomic E-state index is 11.7. The van der Waals surface area contributed by atoms with E-state index in [9.17, 15) is 4.79 Å². The van der Waals surface area contributed by atoms with Crippen LogP contribution in [0.3, 0.4) is 0 Å². The van der Waals surface area contributed by atoms with E-state index >= 15 is 0 Å². The summed E-state index contributed by atoms with van der Waals surface area (Å²) in [5.74, 6) is 0.684. The molecule has 2 atom stereocenters. The number of anilines is 1. The number of carbonyl (C=O) groups excluding carboxylic acids is 1. The molecule has 0 aliphatic carbocycles. The lowest BCUT2D eigenvalue weighted by Crippen LogP contribution is -2.41. The summed E-state index contributed by atoms with van der Waals surface area (Å²) in [6, 6.07) is 8.03. The number of amides is 1. The predicted octanol–water partition coefficient (Wildman–Crippen LogP) is 1.75. The number of aryl methyl sites for hydroxylation is 1. The van der Waals surface area contributed by atoms with Crippen molar-refractivity contribution in [3.8, 4) is 0 Å². The maximum Gasteiger partial charge on any atom is 0.246 e. The lowest BCUT2D eigenvalue weighted by atomic mass is 9.85. The standard InChI is InChI=1S/C15H18N4O2/c1-9-7-12(15(16)20)11-5-3-4-6-13(11)19(9)8-14-17-10(2)18-21-14/h3-6,9,12H,7-8H2,1-2H3,(H2,16,20)/t9-,12+/m0/s1. The Balaban J connectivity index is 1.97. The number of rotatable bonds is 3. The van der Waals surface area contributed by atoms with Gasteiger partial charge in [0.05, 0.1) is 12.5 Å². The molecule has 0 spiro atoms. The van der Waals surface area contributed by atoms with Gasteiger partial charge in [-0.25, -0.2) is 0 Å². The molecule has 1 aliphatic rings. The van der Waals surface area contributed by atoms with Crippen LogP contribution in [0.1, 0.15) is 36.5 Å². The van der Waals surface area contributed by atoms with Crippen LogP contribution in [-0.4, -0.2) is 22.1 Å². The Hall–Kier alpha value is -2.37. The number of nitrogens with two attached hydrogens (primary N) is 1. The van der Waals surface area contributed by atoms with Crippen molar-refractivity contribution in [1.82, 2.24) is 10.1 Å². The second kappa shape index (κ2) is 5.20. The molecule has 6 nitrogen and oxygen atoms in total. The van der Waals surface area contributed by atoms with Crippen molar-refractivity contribution in [2.45, 2.75) is 38.8 Å². The second-order valence-corrected chi connectivity index (χ2v) is 5.46. The van der Waals surface area contributed by atoms with Crippen LogP contribution in [0, 0.1) is 6.92 Å². The Morgan fingerprint density at radius 1 is 1.48 bits per heavy atom. The quantitative estimate of drug-likeness (QED) is 0.929. The number of nitrogens with zero attached hydrogens (tertiary/aromatic N) is 3. The van der Waals surface area contributed by atoms with Crippen LogP contribution in [0.15, 0.2) is 28.8 Å². The normalized spacial score (nSPS) is 21.1. The van der Waals surface area contributed by atoms with Gasteiger partial charge in [0.1, 0.15) is 0 Å². The van der Waals surface area contributed by atoms with Crippen molar-refractivity contribution in [3.05, 3.63) is 41.5 Å². The van der Waals surface area contributed by atoms with E-state index in [1.165, 1.54) is 0 Å². The largest absolute Gasteiger partial charge is 0.369 e. The molecule has 0 bridgehead atoms. The van der Waals surface area contributed by atoms with E-state index in [-0.39, 0.29) is 17.9 Å². The average molecular weight is 286 g/mol. The number of hydrogen-bond donors (Lipinski definition) is 1. The van der Waals surface area contributed by atoms with Crippen LogP contribution in [0.25, 0.3) is 0 Å². The first kappa shape index (κ1) is 13.6. The molecule has 3 rings (SSSR count). The molecular formula is C15H18N4O2. The number of hydrogen-bond acceptors (Lipinski definition) is 5. The van der Waals surface area contributed by atoms with E-state index in [4.69, 9.17) is 10.3 Å². The van der Waals surface area contributed by atoms with Crippen molar-refractivity contribution in [2.24, 2.45) is 5.73 Å². The Labute approximate surface area is 122 Å². The zero-order valence-electron chi connectivity index (χ0n) is 12.1. The average Bonchev–Trinajstić information content (AvgIpc) is 2.87. The molecule has 6 heteroatoms. The van der Waals surface area contributed by atoms with Crippen molar-refractivity contribution in [1.29, 1.82) is 0 Å². The fraction of sp³-hybridized carbons (Fsp3) is 0.400. The van der Waals surface area contributed by atoms with Gasteiger partial charge in [0.15, 0.2) is 5.82 Å². The van der Waals surface area contributed by atoms with Gasteiger partial charge in [-0.15, -0.1) is 0 Å². The fourth-order valence-corrected chi connectivity index (χ4v) is 2.94. The third kappa shape index (κ3) is 2.49. The topological polar surface area (TPSA) is 85.3 Å². The molecule has 110 valence electrons. The summed E-state index contributed by atoms with van der Waals surface area (Å²) in [6.45, 7) is 4.41. The van der Waals surface area contributed by atoms with Gasteiger partial charge >= 0.3 is 0 Å². The Kier molecular flexibility index (Phi) is 3.37. The highest BCUT2D eigenvalue weighted by Gasteiger charge is 2.33. The SMILES string of the molecule is Cc1noc(CN2c3ccccc3[C@H](C(N)=O)C[C@@H]2C)n1. The number of benzene rings is 1. The lowest BCUT2D eigenvalue weighted by Gasteiger charge is -2.39. The van der Waals surface area contributed by atoms with Crippen LogP contribution < -0.4 is 10.6 Å². The Morgan fingerprint density at radius 3 is 2.90 bits per heavy atom. The Bertz CT molecular complexity index is 667. The fourth-order valence-electron chi connectivity index (χ4n) is 2.94. The van der Waals surface area contributed by atoms with E-state index < -0.39 is 0 Å². The molecule has 1 aliphatic heterocycles. The van der Waals surface area contributed by atoms with Crippen LogP contribution in [0.4, 0.5) is 5.69 Å². The monoisotopic (exact) mass is 286 g/mol. The molecule has 1 aromatic carbocycles. The first-order valence-corrected chi connectivity index (χ1v) is 7.00. The minimum absolute atomic E-state index is 0.171. The number of primary amides is 1. The zero-order valence-corrected chi connectivity index (χ0v) is 12.1. The van der Waals surface area contributed by atoms with Gasteiger partial charge < -0.3 is 15.2 Å². The molecule has 0 saturated heterocycles. The van der Waals surface area contributed by atoms with Crippen molar-refractivity contribution >= 4 is 11.6 Å². The van der Waals surface area contributed by atoms with Gasteiger partial charge in [0.25, 0.3) is 0 Å². The van der Waals surface area contributed by atoms with Crippen LogP contribution in [-0.2, 0) is 11.3 Å². The molecular weight excluding hydrogens is 268 g/mol. The molecule has 0 saturated carbocycles. The first-order valence-electron chi connectivity index (χ1n) is 7.00. The third-order valence-corrected chi connectivity index (χ3v) is 3.95. The highest BCUT2D eigenvalue weighted by molar-refractivity contribution is 5.85. The first-order chi connectivity index (χ1) is 10.1. The van der Waals surface area contributed by atoms with Crippen molar-refractivity contribution < 1.29 is 9.32 Å². The van der Waals surface area contributed by atoms with E-state index in [0.29, 0.717) is 24.7 Å². The van der Waals surface area contributed by atoms with Gasteiger partial charge in [-0.1, -0.05) is 23.4 Å². The van der Waals surface area contributed by atoms with Gasteiger partial charge in [-0.05, 0) is 31.9 Å². The zero-order chi connectivity index (χ0) is 15.0. The van der Waals surface area contributed by atoms with Gasteiger partial charge in [-0.3, -0.25) is 4.79 Å². The van der Waals surface area contributed by atoms with Gasteiger partial charge in [-0.2, -0.15) is 4.98 Å². The molecule has 2 heterocycles. The third-order valence-electron chi connectivity index (χ3n) is 3.95. The molecule has 2 aromatic rings. The summed E-state index contributed by atoms with van der Waals surface area (Å²) in [6.07, 6.45) is 0.694.